The van der Waals surface area contributed by atoms with Crippen molar-refractivity contribution in [3.05, 3.63) is 40.2 Å². The molecule has 3 heterocycles. The van der Waals surface area contributed by atoms with Gasteiger partial charge in [-0.1, -0.05) is 0 Å². The molecule has 1 aromatic carbocycles. The van der Waals surface area contributed by atoms with E-state index >= 15 is 0 Å². The summed E-state index contributed by atoms with van der Waals surface area (Å²) < 4.78 is 17.6. The summed E-state index contributed by atoms with van der Waals surface area (Å²) in [6.45, 7) is -0.730. The van der Waals surface area contributed by atoms with E-state index in [0.29, 0.717) is 5.75 Å². The second-order valence-corrected chi connectivity index (χ2v) is 6.98. The molecule has 1 aliphatic heterocycles. The first kappa shape index (κ1) is 21.6. The molecule has 3 aromatic rings. The van der Waals surface area contributed by atoms with Crippen LogP contribution in [0.5, 0.6) is 11.6 Å². The number of ether oxygens (including phenoxy) is 3. The average Bonchev–Trinajstić information content (AvgIpc) is 3.32. The van der Waals surface area contributed by atoms with E-state index in [4.69, 9.17) is 19.9 Å². The number of aliphatic hydroxyl groups is 3. The first-order chi connectivity index (χ1) is 15.3. The minimum atomic E-state index is -1.36. The van der Waals surface area contributed by atoms with Gasteiger partial charge in [0, 0.05) is 6.07 Å². The fourth-order valence-electron chi connectivity index (χ4n) is 3.43. The van der Waals surface area contributed by atoms with E-state index in [9.17, 15) is 25.4 Å². The fraction of sp³-hybridized carbons (Fsp3) is 0.389. The number of nitrogen functional groups attached to an aromatic ring is 1. The van der Waals surface area contributed by atoms with Crippen molar-refractivity contribution in [3.8, 4) is 11.6 Å². The number of rotatable bonds is 7. The Kier molecular flexibility index (Phi) is 5.75. The first-order valence-electron chi connectivity index (χ1n) is 9.40. The fourth-order valence-corrected chi connectivity index (χ4v) is 3.43. The van der Waals surface area contributed by atoms with E-state index in [1.165, 1.54) is 36.2 Å². The number of nitro benzene ring substituents is 1. The summed E-state index contributed by atoms with van der Waals surface area (Å²) in [7, 11) is 1.44. The molecule has 4 atom stereocenters. The molecular weight excluding hydrogens is 428 g/mol. The first-order valence-corrected chi connectivity index (χ1v) is 9.40. The van der Waals surface area contributed by atoms with E-state index in [1.54, 1.807) is 0 Å². The molecule has 170 valence electrons. The Morgan fingerprint density at radius 1 is 1.31 bits per heavy atom. The molecular formula is C18H20N6O8. The largest absolute Gasteiger partial charge is 0.497 e. The topological polar surface area (TPSA) is 201 Å². The summed E-state index contributed by atoms with van der Waals surface area (Å²) in [5, 5.41) is 40.9. The molecule has 14 heteroatoms. The van der Waals surface area contributed by atoms with Crippen LogP contribution in [0.1, 0.15) is 11.8 Å². The number of methoxy groups -OCH3 is 1. The van der Waals surface area contributed by atoms with Crippen LogP contribution in [0.25, 0.3) is 11.2 Å². The summed E-state index contributed by atoms with van der Waals surface area (Å²) in [4.78, 5) is 23.1. The van der Waals surface area contributed by atoms with Crippen molar-refractivity contribution in [2.75, 3.05) is 19.5 Å². The Hall–Kier alpha value is -3.59. The smallest absolute Gasteiger partial charge is 0.276 e. The van der Waals surface area contributed by atoms with Crippen LogP contribution in [-0.4, -0.2) is 71.8 Å². The van der Waals surface area contributed by atoms with Gasteiger partial charge in [0.1, 0.15) is 30.7 Å². The summed E-state index contributed by atoms with van der Waals surface area (Å²) in [5.41, 5.74) is 6.16. The summed E-state index contributed by atoms with van der Waals surface area (Å²) in [6, 6.07) is 4.24. The zero-order chi connectivity index (χ0) is 23.0. The van der Waals surface area contributed by atoms with Crippen molar-refractivity contribution < 1.29 is 34.5 Å². The van der Waals surface area contributed by atoms with E-state index in [-0.39, 0.29) is 40.8 Å². The number of hydrogen-bond acceptors (Lipinski definition) is 12. The Morgan fingerprint density at radius 3 is 2.75 bits per heavy atom. The number of nitro groups is 1. The van der Waals surface area contributed by atoms with Crippen molar-refractivity contribution in [2.24, 2.45) is 0 Å². The Labute approximate surface area is 180 Å². The highest BCUT2D eigenvalue weighted by atomic mass is 16.6. The Balaban J connectivity index is 1.67. The number of benzene rings is 1. The molecule has 5 N–H and O–H groups in total. The van der Waals surface area contributed by atoms with Crippen LogP contribution in [0.4, 0.5) is 11.6 Å². The highest BCUT2D eigenvalue weighted by molar-refractivity contribution is 5.77. The second kappa shape index (κ2) is 8.51. The van der Waals surface area contributed by atoms with Crippen LogP contribution in [0, 0.1) is 10.1 Å². The van der Waals surface area contributed by atoms with Crippen LogP contribution in [-0.2, 0) is 11.3 Å². The third-order valence-corrected chi connectivity index (χ3v) is 5.05. The van der Waals surface area contributed by atoms with Crippen molar-refractivity contribution in [1.29, 1.82) is 0 Å². The predicted molar refractivity (Wildman–Crippen MR) is 107 cm³/mol. The molecule has 32 heavy (non-hydrogen) atoms. The van der Waals surface area contributed by atoms with Crippen LogP contribution >= 0.6 is 0 Å². The van der Waals surface area contributed by atoms with Gasteiger partial charge in [-0.2, -0.15) is 9.97 Å². The van der Waals surface area contributed by atoms with Crippen LogP contribution in [0.2, 0.25) is 0 Å². The number of imidazole rings is 1. The molecule has 1 fully saturated rings. The summed E-state index contributed by atoms with van der Waals surface area (Å²) in [5.74, 6) is 0.187. The number of anilines is 1. The van der Waals surface area contributed by atoms with Gasteiger partial charge in [-0.05, 0) is 12.1 Å². The Bertz CT molecular complexity index is 1150. The lowest BCUT2D eigenvalue weighted by molar-refractivity contribution is -0.385. The van der Waals surface area contributed by atoms with Crippen molar-refractivity contribution in [3.63, 3.8) is 0 Å². The molecule has 0 bridgehead atoms. The zero-order valence-corrected chi connectivity index (χ0v) is 16.7. The molecule has 0 unspecified atom stereocenters. The Morgan fingerprint density at radius 2 is 2.09 bits per heavy atom. The van der Waals surface area contributed by atoms with Crippen molar-refractivity contribution in [2.45, 2.75) is 31.1 Å². The highest BCUT2D eigenvalue weighted by Gasteiger charge is 2.44. The van der Waals surface area contributed by atoms with Gasteiger partial charge in [0.25, 0.3) is 5.69 Å². The van der Waals surface area contributed by atoms with E-state index in [0.717, 1.165) is 0 Å². The molecule has 0 aliphatic carbocycles. The quantitative estimate of drug-likeness (QED) is 0.267. The van der Waals surface area contributed by atoms with Gasteiger partial charge in [-0.15, -0.1) is 0 Å². The SMILES string of the molecule is COc1ccc([N+](=O)[O-])c(COc2nc(N)nc3c2ncn3[C@@H]2O[C@H](CO)[C@@H](O)[C@H]2O)c1. The zero-order valence-electron chi connectivity index (χ0n) is 16.7. The second-order valence-electron chi connectivity index (χ2n) is 6.98. The van der Waals surface area contributed by atoms with Crippen LogP contribution in [0.3, 0.4) is 0 Å². The number of fused-ring (bicyclic) bond motifs is 1. The molecule has 1 saturated heterocycles. The number of aliphatic hydroxyl groups excluding tert-OH is 3. The number of nitrogens with zero attached hydrogens (tertiary/aromatic N) is 5. The summed E-state index contributed by atoms with van der Waals surface area (Å²) in [6.07, 6.45) is -3.46. The lowest BCUT2D eigenvalue weighted by Crippen LogP contribution is -2.33. The van der Waals surface area contributed by atoms with Crippen molar-refractivity contribution in [1.82, 2.24) is 19.5 Å². The van der Waals surface area contributed by atoms with Crippen molar-refractivity contribution >= 4 is 22.8 Å². The van der Waals surface area contributed by atoms with Gasteiger partial charge in [-0.25, -0.2) is 4.98 Å². The number of aromatic nitrogens is 4. The molecule has 2 aromatic heterocycles. The maximum absolute atomic E-state index is 11.3. The number of hydrogen-bond donors (Lipinski definition) is 4. The van der Waals surface area contributed by atoms with E-state index in [1.807, 2.05) is 0 Å². The van der Waals surface area contributed by atoms with Gasteiger partial charge in [-0.3, -0.25) is 14.7 Å². The van der Waals surface area contributed by atoms with Gasteiger partial charge < -0.3 is 35.3 Å². The molecule has 0 spiro atoms. The van der Waals surface area contributed by atoms with Gasteiger partial charge in [0.15, 0.2) is 17.4 Å². The molecule has 0 saturated carbocycles. The van der Waals surface area contributed by atoms with Crippen LogP contribution in [0.15, 0.2) is 24.5 Å². The van der Waals surface area contributed by atoms with E-state index in [2.05, 4.69) is 15.0 Å². The number of nitrogens with two attached hydrogens (primary N) is 1. The standard InChI is InChI=1S/C18H20N6O8/c1-30-9-2-3-10(24(28)29)8(4-9)6-31-16-12-15(21-18(19)22-16)23(7-20-12)17-14(27)13(26)11(5-25)32-17/h2-4,7,11,13-14,17,25-27H,5-6H2,1H3,(H2,19,21,22)/t11-,13-,14-,17-/m1/s1. The van der Waals surface area contributed by atoms with Gasteiger partial charge >= 0.3 is 0 Å². The normalized spacial score (nSPS) is 22.9. The summed E-state index contributed by atoms with van der Waals surface area (Å²) >= 11 is 0. The maximum Gasteiger partial charge on any atom is 0.276 e. The minimum absolute atomic E-state index is 0.0462. The van der Waals surface area contributed by atoms with Gasteiger partial charge in [0.2, 0.25) is 11.8 Å². The minimum Gasteiger partial charge on any atom is -0.497 e. The van der Waals surface area contributed by atoms with Crippen LogP contribution < -0.4 is 15.2 Å². The molecule has 14 nitrogen and oxygen atoms in total. The third-order valence-electron chi connectivity index (χ3n) is 5.05. The van der Waals surface area contributed by atoms with E-state index < -0.39 is 36.1 Å². The monoisotopic (exact) mass is 448 g/mol. The maximum atomic E-state index is 11.3. The lowest BCUT2D eigenvalue weighted by atomic mass is 10.1. The molecule has 4 rings (SSSR count). The molecule has 0 radical (unpaired) electrons. The molecule has 0 amide bonds. The highest BCUT2D eigenvalue weighted by Crippen LogP contribution is 2.33. The average molecular weight is 448 g/mol. The predicted octanol–water partition coefficient (Wildman–Crippen LogP) is -0.484. The third kappa shape index (κ3) is 3.75. The molecule has 1 aliphatic rings. The van der Waals surface area contributed by atoms with Gasteiger partial charge in [0.05, 0.1) is 30.5 Å². The lowest BCUT2D eigenvalue weighted by Gasteiger charge is -2.16.